The smallest absolute Gasteiger partial charge is 0.416 e. The van der Waals surface area contributed by atoms with Crippen LogP contribution in [0.1, 0.15) is 16.4 Å². The molecule has 2 rings (SSSR count). The molecule has 1 N–H and O–H groups in total. The summed E-state index contributed by atoms with van der Waals surface area (Å²) >= 11 is 1.51. The van der Waals surface area contributed by atoms with Crippen LogP contribution in [0.5, 0.6) is 5.75 Å². The summed E-state index contributed by atoms with van der Waals surface area (Å²) in [5.74, 6) is 0.185. The van der Waals surface area contributed by atoms with Crippen LogP contribution in [0.15, 0.2) is 41.8 Å². The number of hydrogen-bond acceptors (Lipinski definition) is 3. The van der Waals surface area contributed by atoms with Gasteiger partial charge < -0.3 is 9.84 Å². The maximum absolute atomic E-state index is 12.4. The van der Waals surface area contributed by atoms with E-state index >= 15 is 0 Å². The van der Waals surface area contributed by atoms with Gasteiger partial charge in [0.15, 0.2) is 0 Å². The summed E-state index contributed by atoms with van der Waals surface area (Å²) in [7, 11) is 0. The van der Waals surface area contributed by atoms with Gasteiger partial charge in [0.05, 0.1) is 24.7 Å². The summed E-state index contributed by atoms with van der Waals surface area (Å²) in [6.07, 6.45) is -4.34. The molecule has 1 atom stereocenters. The predicted octanol–water partition coefficient (Wildman–Crippen LogP) is 3.92. The summed E-state index contributed by atoms with van der Waals surface area (Å²) in [5.41, 5.74) is -0.707. The second-order valence-corrected chi connectivity index (χ2v) is 5.21. The fourth-order valence-electron chi connectivity index (χ4n) is 1.69. The summed E-state index contributed by atoms with van der Waals surface area (Å²) in [4.78, 5) is 0.986. The highest BCUT2D eigenvalue weighted by atomic mass is 32.1. The number of aliphatic hydroxyl groups is 1. The monoisotopic (exact) mass is 302 g/mol. The van der Waals surface area contributed by atoms with Crippen molar-refractivity contribution in [1.82, 2.24) is 0 Å². The van der Waals surface area contributed by atoms with Crippen LogP contribution in [0.25, 0.3) is 0 Å². The van der Waals surface area contributed by atoms with Gasteiger partial charge in [0.25, 0.3) is 0 Å². The molecular formula is C14H13F3O2S. The zero-order valence-corrected chi connectivity index (χ0v) is 11.2. The molecule has 0 amide bonds. The quantitative estimate of drug-likeness (QED) is 0.907. The summed E-state index contributed by atoms with van der Waals surface area (Å²) in [5, 5.41) is 11.2. The number of ether oxygens (including phenoxy) is 1. The number of alkyl halides is 3. The molecule has 0 aliphatic heterocycles. The van der Waals surface area contributed by atoms with Gasteiger partial charge in [0.1, 0.15) is 5.75 Å². The maximum atomic E-state index is 12.4. The molecule has 0 spiro atoms. The van der Waals surface area contributed by atoms with Gasteiger partial charge in [0, 0.05) is 4.88 Å². The lowest BCUT2D eigenvalue weighted by Crippen LogP contribution is -2.13. The van der Waals surface area contributed by atoms with Crippen LogP contribution >= 0.6 is 11.3 Å². The lowest BCUT2D eigenvalue weighted by atomic mass is 10.1. The Hall–Kier alpha value is -1.53. The van der Waals surface area contributed by atoms with E-state index in [9.17, 15) is 18.3 Å². The molecule has 0 aliphatic carbocycles. The SMILES string of the molecule is OCC(COc1ccc(C(F)(F)F)cc1)c1cccs1. The van der Waals surface area contributed by atoms with Crippen LogP contribution in [0.2, 0.25) is 0 Å². The molecule has 1 aromatic carbocycles. The molecular weight excluding hydrogens is 289 g/mol. The molecule has 20 heavy (non-hydrogen) atoms. The Bertz CT molecular complexity index is 520. The number of hydrogen-bond donors (Lipinski definition) is 1. The zero-order chi connectivity index (χ0) is 14.6. The number of aliphatic hydroxyl groups excluding tert-OH is 1. The molecule has 0 saturated carbocycles. The lowest BCUT2D eigenvalue weighted by molar-refractivity contribution is -0.137. The Labute approximate surface area is 118 Å². The van der Waals surface area contributed by atoms with Crippen molar-refractivity contribution in [3.63, 3.8) is 0 Å². The van der Waals surface area contributed by atoms with Crippen molar-refractivity contribution in [3.8, 4) is 5.75 Å². The highest BCUT2D eigenvalue weighted by Gasteiger charge is 2.30. The molecule has 1 heterocycles. The number of halogens is 3. The molecule has 0 saturated heterocycles. The third-order valence-electron chi connectivity index (χ3n) is 2.80. The minimum absolute atomic E-state index is 0.0683. The van der Waals surface area contributed by atoms with E-state index in [-0.39, 0.29) is 19.1 Å². The Balaban J connectivity index is 1.97. The van der Waals surface area contributed by atoms with Crippen LogP contribution in [0, 0.1) is 0 Å². The third kappa shape index (κ3) is 3.74. The second kappa shape index (κ2) is 6.28. The van der Waals surface area contributed by atoms with Gasteiger partial charge in [-0.1, -0.05) is 6.07 Å². The average Bonchev–Trinajstić information content (AvgIpc) is 2.93. The molecule has 0 aliphatic rings. The van der Waals surface area contributed by atoms with Gasteiger partial charge in [-0.25, -0.2) is 0 Å². The minimum Gasteiger partial charge on any atom is -0.493 e. The number of thiophene rings is 1. The lowest BCUT2D eigenvalue weighted by Gasteiger charge is -2.14. The van der Waals surface area contributed by atoms with E-state index in [2.05, 4.69) is 0 Å². The van der Waals surface area contributed by atoms with Crippen molar-refractivity contribution in [1.29, 1.82) is 0 Å². The van der Waals surface area contributed by atoms with Crippen LogP contribution in [-0.2, 0) is 6.18 Å². The van der Waals surface area contributed by atoms with E-state index in [1.807, 2.05) is 17.5 Å². The van der Waals surface area contributed by atoms with Gasteiger partial charge in [-0.2, -0.15) is 13.2 Å². The molecule has 1 aromatic heterocycles. The van der Waals surface area contributed by atoms with Crippen molar-refractivity contribution >= 4 is 11.3 Å². The molecule has 0 bridgehead atoms. The second-order valence-electron chi connectivity index (χ2n) is 4.23. The van der Waals surface area contributed by atoms with Crippen LogP contribution in [0.4, 0.5) is 13.2 Å². The molecule has 0 fully saturated rings. The Morgan fingerprint density at radius 1 is 1.15 bits per heavy atom. The topological polar surface area (TPSA) is 29.5 Å². The number of rotatable bonds is 5. The van der Waals surface area contributed by atoms with Gasteiger partial charge in [0.2, 0.25) is 0 Å². The van der Waals surface area contributed by atoms with Crippen molar-refractivity contribution in [3.05, 3.63) is 52.2 Å². The fourth-order valence-corrected chi connectivity index (χ4v) is 2.49. The van der Waals surface area contributed by atoms with E-state index in [0.717, 1.165) is 17.0 Å². The zero-order valence-electron chi connectivity index (χ0n) is 10.4. The minimum atomic E-state index is -4.34. The van der Waals surface area contributed by atoms with Crippen LogP contribution in [-0.4, -0.2) is 18.3 Å². The molecule has 2 aromatic rings. The van der Waals surface area contributed by atoms with E-state index < -0.39 is 11.7 Å². The van der Waals surface area contributed by atoms with E-state index in [1.165, 1.54) is 23.5 Å². The van der Waals surface area contributed by atoms with Crippen LogP contribution < -0.4 is 4.74 Å². The molecule has 2 nitrogen and oxygen atoms in total. The van der Waals surface area contributed by atoms with E-state index in [4.69, 9.17) is 4.74 Å². The Morgan fingerprint density at radius 2 is 1.85 bits per heavy atom. The predicted molar refractivity (Wildman–Crippen MR) is 71.1 cm³/mol. The van der Waals surface area contributed by atoms with E-state index in [0.29, 0.717) is 5.75 Å². The Morgan fingerprint density at radius 3 is 2.35 bits per heavy atom. The summed E-state index contributed by atoms with van der Waals surface area (Å²) in [6, 6.07) is 8.29. The van der Waals surface area contributed by atoms with Gasteiger partial charge in [-0.15, -0.1) is 11.3 Å². The third-order valence-corrected chi connectivity index (χ3v) is 3.83. The summed E-state index contributed by atoms with van der Waals surface area (Å²) < 4.78 is 42.6. The molecule has 1 unspecified atom stereocenters. The summed E-state index contributed by atoms with van der Waals surface area (Å²) in [6.45, 7) is 0.156. The van der Waals surface area contributed by atoms with E-state index in [1.54, 1.807) is 0 Å². The first kappa shape index (κ1) is 14.9. The van der Waals surface area contributed by atoms with Gasteiger partial charge >= 0.3 is 6.18 Å². The van der Waals surface area contributed by atoms with Crippen molar-refractivity contribution in [2.75, 3.05) is 13.2 Å². The first-order chi connectivity index (χ1) is 9.50. The molecule has 6 heteroatoms. The van der Waals surface area contributed by atoms with Crippen molar-refractivity contribution in [2.45, 2.75) is 12.1 Å². The van der Waals surface area contributed by atoms with Crippen molar-refractivity contribution < 1.29 is 23.0 Å². The Kier molecular flexibility index (Phi) is 4.67. The van der Waals surface area contributed by atoms with Crippen LogP contribution in [0.3, 0.4) is 0 Å². The highest BCUT2D eigenvalue weighted by molar-refractivity contribution is 7.10. The van der Waals surface area contributed by atoms with Gasteiger partial charge in [-0.05, 0) is 35.7 Å². The normalized spacial score (nSPS) is 13.2. The van der Waals surface area contributed by atoms with Crippen molar-refractivity contribution in [2.24, 2.45) is 0 Å². The fraction of sp³-hybridized carbons (Fsp3) is 0.286. The first-order valence-electron chi connectivity index (χ1n) is 5.95. The first-order valence-corrected chi connectivity index (χ1v) is 6.83. The standard InChI is InChI=1S/C14H13F3O2S/c15-14(16,17)11-3-5-12(6-4-11)19-9-10(8-18)13-2-1-7-20-13/h1-7,10,18H,8-9H2. The average molecular weight is 302 g/mol. The highest BCUT2D eigenvalue weighted by Crippen LogP contribution is 2.30. The maximum Gasteiger partial charge on any atom is 0.416 e. The largest absolute Gasteiger partial charge is 0.493 e. The molecule has 108 valence electrons. The number of benzene rings is 1. The molecule has 0 radical (unpaired) electrons. The van der Waals surface area contributed by atoms with Gasteiger partial charge in [-0.3, -0.25) is 0 Å².